The van der Waals surface area contributed by atoms with E-state index in [4.69, 9.17) is 0 Å². The Morgan fingerprint density at radius 1 is 1.43 bits per heavy atom. The molecule has 2 atom stereocenters. The summed E-state index contributed by atoms with van der Waals surface area (Å²) < 4.78 is 2.04. The van der Waals surface area contributed by atoms with E-state index in [9.17, 15) is 0 Å². The molecule has 3 heteroatoms. The summed E-state index contributed by atoms with van der Waals surface area (Å²) in [5.41, 5.74) is 1.44. The van der Waals surface area contributed by atoms with E-state index in [1.807, 2.05) is 10.9 Å². The van der Waals surface area contributed by atoms with Gasteiger partial charge in [-0.05, 0) is 24.4 Å². The van der Waals surface area contributed by atoms with Gasteiger partial charge in [0.05, 0.1) is 0 Å². The lowest BCUT2D eigenvalue weighted by Gasteiger charge is -2.16. The molecule has 76 valence electrons. The SMILES string of the molecule is CCN1CC2C(C1)C2c1ccnn1C. The van der Waals surface area contributed by atoms with Crippen molar-refractivity contribution in [2.45, 2.75) is 12.8 Å². The Labute approximate surface area is 84.7 Å². The molecular formula is C11H17N3. The van der Waals surface area contributed by atoms with E-state index in [1.165, 1.54) is 25.3 Å². The molecule has 0 radical (unpaired) electrons. The molecular weight excluding hydrogens is 174 g/mol. The fraction of sp³-hybridized carbons (Fsp3) is 0.727. The van der Waals surface area contributed by atoms with Crippen LogP contribution in [0.15, 0.2) is 12.3 Å². The zero-order valence-electron chi connectivity index (χ0n) is 8.85. The van der Waals surface area contributed by atoms with E-state index in [0.717, 1.165) is 17.8 Å². The number of hydrogen-bond acceptors (Lipinski definition) is 2. The number of fused-ring (bicyclic) bond motifs is 1. The van der Waals surface area contributed by atoms with E-state index in [2.05, 4.69) is 30.0 Å². The highest BCUT2D eigenvalue weighted by Crippen LogP contribution is 2.57. The van der Waals surface area contributed by atoms with E-state index in [-0.39, 0.29) is 0 Å². The molecule has 0 aromatic carbocycles. The van der Waals surface area contributed by atoms with Crippen molar-refractivity contribution >= 4 is 0 Å². The first kappa shape index (κ1) is 8.48. The summed E-state index contributed by atoms with van der Waals surface area (Å²) in [4.78, 5) is 2.56. The van der Waals surface area contributed by atoms with Crippen molar-refractivity contribution < 1.29 is 0 Å². The average molecular weight is 191 g/mol. The normalized spacial score (nSPS) is 36.0. The van der Waals surface area contributed by atoms with Crippen molar-refractivity contribution in [2.75, 3.05) is 19.6 Å². The van der Waals surface area contributed by atoms with Crippen molar-refractivity contribution in [3.05, 3.63) is 18.0 Å². The molecule has 2 unspecified atom stereocenters. The second-order valence-corrected chi connectivity index (χ2v) is 4.59. The average Bonchev–Trinajstić information content (AvgIpc) is 2.61. The number of hydrogen-bond donors (Lipinski definition) is 0. The number of aromatic nitrogens is 2. The van der Waals surface area contributed by atoms with Crippen molar-refractivity contribution in [3.8, 4) is 0 Å². The molecule has 0 spiro atoms. The molecule has 3 rings (SSSR count). The molecule has 1 saturated heterocycles. The quantitative estimate of drug-likeness (QED) is 0.697. The first-order chi connectivity index (χ1) is 6.81. The maximum atomic E-state index is 4.25. The third-order valence-corrected chi connectivity index (χ3v) is 3.92. The minimum atomic E-state index is 0.810. The highest BCUT2D eigenvalue weighted by molar-refractivity contribution is 5.24. The highest BCUT2D eigenvalue weighted by atomic mass is 15.3. The van der Waals surface area contributed by atoms with Gasteiger partial charge < -0.3 is 4.90 Å². The Morgan fingerprint density at radius 3 is 2.64 bits per heavy atom. The Kier molecular flexibility index (Phi) is 1.71. The predicted octanol–water partition coefficient (Wildman–Crippen LogP) is 1.09. The van der Waals surface area contributed by atoms with Gasteiger partial charge in [0.15, 0.2) is 0 Å². The second kappa shape index (κ2) is 2.83. The van der Waals surface area contributed by atoms with Gasteiger partial charge in [0.2, 0.25) is 0 Å². The molecule has 1 aromatic rings. The minimum absolute atomic E-state index is 0.810. The van der Waals surface area contributed by atoms with Gasteiger partial charge in [-0.1, -0.05) is 6.92 Å². The summed E-state index contributed by atoms with van der Waals surface area (Å²) in [6, 6.07) is 2.18. The van der Waals surface area contributed by atoms with Crippen molar-refractivity contribution in [3.63, 3.8) is 0 Å². The van der Waals surface area contributed by atoms with Gasteiger partial charge >= 0.3 is 0 Å². The van der Waals surface area contributed by atoms with Crippen LogP contribution in [0.1, 0.15) is 18.5 Å². The lowest BCUT2D eigenvalue weighted by atomic mass is 10.2. The summed E-state index contributed by atoms with van der Waals surface area (Å²) in [7, 11) is 2.06. The second-order valence-electron chi connectivity index (χ2n) is 4.59. The first-order valence-electron chi connectivity index (χ1n) is 5.51. The zero-order chi connectivity index (χ0) is 9.71. The van der Waals surface area contributed by atoms with E-state index in [0.29, 0.717) is 0 Å². The van der Waals surface area contributed by atoms with Crippen molar-refractivity contribution in [1.82, 2.24) is 14.7 Å². The molecule has 2 fully saturated rings. The standard InChI is InChI=1S/C11H17N3/c1-3-14-6-8-9(7-14)11(8)10-4-5-12-13(10)2/h4-5,8-9,11H,3,6-7H2,1-2H3. The lowest BCUT2D eigenvalue weighted by Crippen LogP contribution is -2.23. The van der Waals surface area contributed by atoms with Crippen LogP contribution in [0, 0.1) is 11.8 Å². The molecule has 0 N–H and O–H groups in total. The van der Waals surface area contributed by atoms with E-state index >= 15 is 0 Å². The van der Waals surface area contributed by atoms with Gasteiger partial charge in [-0.25, -0.2) is 0 Å². The third-order valence-electron chi connectivity index (χ3n) is 3.92. The third kappa shape index (κ3) is 1.05. The van der Waals surface area contributed by atoms with Crippen LogP contribution in [0.5, 0.6) is 0 Å². The number of aryl methyl sites for hydroxylation is 1. The highest BCUT2D eigenvalue weighted by Gasteiger charge is 2.56. The molecule has 1 aliphatic heterocycles. The fourth-order valence-corrected chi connectivity index (χ4v) is 3.02. The Balaban J connectivity index is 1.74. The van der Waals surface area contributed by atoms with Crippen LogP contribution >= 0.6 is 0 Å². The summed E-state index contributed by atoms with van der Waals surface area (Å²) in [5, 5.41) is 4.25. The molecule has 1 aliphatic carbocycles. The Hall–Kier alpha value is -0.830. The van der Waals surface area contributed by atoms with Gasteiger partial charge in [0.25, 0.3) is 0 Å². The lowest BCUT2D eigenvalue weighted by molar-refractivity contribution is 0.312. The zero-order valence-corrected chi connectivity index (χ0v) is 8.85. The van der Waals surface area contributed by atoms with Gasteiger partial charge in [-0.15, -0.1) is 0 Å². The van der Waals surface area contributed by atoms with Gasteiger partial charge in [0, 0.05) is 37.9 Å². The van der Waals surface area contributed by atoms with E-state index < -0.39 is 0 Å². The molecule has 3 nitrogen and oxygen atoms in total. The largest absolute Gasteiger partial charge is 0.303 e. The molecule has 1 aromatic heterocycles. The summed E-state index contributed by atoms with van der Waals surface area (Å²) in [5.74, 6) is 2.65. The first-order valence-corrected chi connectivity index (χ1v) is 5.51. The Morgan fingerprint density at radius 2 is 2.14 bits per heavy atom. The minimum Gasteiger partial charge on any atom is -0.303 e. The molecule has 1 saturated carbocycles. The van der Waals surface area contributed by atoms with Gasteiger partial charge in [0.1, 0.15) is 0 Å². The molecule has 0 amide bonds. The van der Waals surface area contributed by atoms with Crippen LogP contribution in [0.25, 0.3) is 0 Å². The van der Waals surface area contributed by atoms with E-state index in [1.54, 1.807) is 0 Å². The molecule has 2 heterocycles. The van der Waals surface area contributed by atoms with Crippen LogP contribution in [-0.4, -0.2) is 34.3 Å². The van der Waals surface area contributed by atoms with Crippen molar-refractivity contribution in [1.29, 1.82) is 0 Å². The van der Waals surface area contributed by atoms with Crippen LogP contribution in [0.3, 0.4) is 0 Å². The smallest absolute Gasteiger partial charge is 0.0492 e. The monoisotopic (exact) mass is 191 g/mol. The van der Waals surface area contributed by atoms with Crippen LogP contribution < -0.4 is 0 Å². The van der Waals surface area contributed by atoms with Crippen molar-refractivity contribution in [2.24, 2.45) is 18.9 Å². The summed E-state index contributed by atoms with van der Waals surface area (Å²) in [6.07, 6.45) is 1.92. The summed E-state index contributed by atoms with van der Waals surface area (Å²) >= 11 is 0. The number of likely N-dealkylation sites (tertiary alicyclic amines) is 1. The molecule has 0 bridgehead atoms. The maximum absolute atomic E-state index is 4.25. The van der Waals surface area contributed by atoms with Gasteiger partial charge in [-0.2, -0.15) is 5.10 Å². The molecule has 2 aliphatic rings. The van der Waals surface area contributed by atoms with Crippen LogP contribution in [0.2, 0.25) is 0 Å². The Bertz CT molecular complexity index is 332. The number of nitrogens with zero attached hydrogens (tertiary/aromatic N) is 3. The summed E-state index contributed by atoms with van der Waals surface area (Å²) in [6.45, 7) is 6.07. The van der Waals surface area contributed by atoms with Crippen LogP contribution in [-0.2, 0) is 7.05 Å². The predicted molar refractivity (Wildman–Crippen MR) is 55.0 cm³/mol. The number of piperidine rings is 1. The maximum Gasteiger partial charge on any atom is 0.0492 e. The topological polar surface area (TPSA) is 21.1 Å². The fourth-order valence-electron chi connectivity index (χ4n) is 3.02. The molecule has 14 heavy (non-hydrogen) atoms. The van der Waals surface area contributed by atoms with Gasteiger partial charge in [-0.3, -0.25) is 4.68 Å². The number of rotatable bonds is 2. The van der Waals surface area contributed by atoms with Crippen LogP contribution in [0.4, 0.5) is 0 Å².